The van der Waals surface area contributed by atoms with Gasteiger partial charge in [0.25, 0.3) is 0 Å². The van der Waals surface area contributed by atoms with Crippen molar-refractivity contribution in [1.82, 2.24) is 0 Å². The summed E-state index contributed by atoms with van der Waals surface area (Å²) in [6.45, 7) is 0. The van der Waals surface area contributed by atoms with Crippen LogP contribution in [-0.4, -0.2) is 5.11 Å². The van der Waals surface area contributed by atoms with Gasteiger partial charge in [0.15, 0.2) is 0 Å². The van der Waals surface area contributed by atoms with Crippen LogP contribution in [0.2, 0.25) is 0 Å². The molecule has 0 aliphatic carbocycles. The maximum absolute atomic E-state index is 10.8. The number of aromatic hydroxyl groups is 1. The molecule has 0 fully saturated rings. The van der Waals surface area contributed by atoms with Gasteiger partial charge in [-0.2, -0.15) is 0 Å². The molecule has 0 unspecified atom stereocenters. The second-order valence-electron chi connectivity index (χ2n) is 4.85. The normalized spacial score (nSPS) is 10.9. The maximum Gasteiger partial charge on any atom is 0.132 e. The number of hydrogen-bond acceptors (Lipinski definition) is 4. The molecule has 1 nitrogen and oxygen atoms in total. The molecule has 1 N–H and O–H groups in total. The number of thiophene rings is 3. The van der Waals surface area contributed by atoms with Crippen molar-refractivity contribution in [3.05, 3.63) is 64.7 Å². The van der Waals surface area contributed by atoms with Crippen molar-refractivity contribution in [3.63, 3.8) is 0 Å². The molecule has 4 rings (SSSR count). The fraction of sp³-hybridized carbons (Fsp3) is 0. The monoisotopic (exact) mass is 340 g/mol. The quantitative estimate of drug-likeness (QED) is 0.447. The molecular formula is C18H12OS3. The van der Waals surface area contributed by atoms with Gasteiger partial charge in [-0.25, -0.2) is 0 Å². The first-order chi connectivity index (χ1) is 10.8. The lowest BCUT2D eigenvalue weighted by Gasteiger charge is -2.11. The van der Waals surface area contributed by atoms with Crippen molar-refractivity contribution in [2.75, 3.05) is 0 Å². The lowest BCUT2D eigenvalue weighted by molar-refractivity contribution is 0.479. The van der Waals surface area contributed by atoms with Crippen LogP contribution in [0.1, 0.15) is 0 Å². The first kappa shape index (κ1) is 13.8. The van der Waals surface area contributed by atoms with Gasteiger partial charge in [0.1, 0.15) is 5.75 Å². The summed E-state index contributed by atoms with van der Waals surface area (Å²) < 4.78 is 0. The Morgan fingerprint density at radius 2 is 1.09 bits per heavy atom. The number of phenols is 1. The van der Waals surface area contributed by atoms with E-state index < -0.39 is 0 Å². The van der Waals surface area contributed by atoms with Gasteiger partial charge in [0.05, 0.1) is 0 Å². The minimum absolute atomic E-state index is 0.366. The Morgan fingerprint density at radius 3 is 1.50 bits per heavy atom. The molecule has 4 aromatic rings. The number of rotatable bonds is 3. The minimum atomic E-state index is 0.366. The lowest BCUT2D eigenvalue weighted by Crippen LogP contribution is -1.83. The summed E-state index contributed by atoms with van der Waals surface area (Å²) in [5, 5.41) is 16.9. The fourth-order valence-corrected chi connectivity index (χ4v) is 4.66. The Hall–Kier alpha value is -1.88. The molecule has 0 amide bonds. The Kier molecular flexibility index (Phi) is 3.58. The second-order valence-corrected chi connectivity index (χ2v) is 7.69. The zero-order valence-corrected chi connectivity index (χ0v) is 14.0. The van der Waals surface area contributed by atoms with Crippen LogP contribution in [0.5, 0.6) is 5.75 Å². The Morgan fingerprint density at radius 1 is 0.636 bits per heavy atom. The second kappa shape index (κ2) is 5.72. The van der Waals surface area contributed by atoms with Crippen LogP contribution in [-0.2, 0) is 0 Å². The Labute approximate surface area is 140 Å². The van der Waals surface area contributed by atoms with Gasteiger partial charge in [-0.1, -0.05) is 18.2 Å². The number of benzene rings is 1. The molecule has 3 heterocycles. The van der Waals surface area contributed by atoms with E-state index in [4.69, 9.17) is 0 Å². The summed E-state index contributed by atoms with van der Waals surface area (Å²) in [7, 11) is 0. The standard InChI is InChI=1S/C18H12OS3/c19-18-13(16-5-2-8-21-16)10-12(15-4-1-7-20-15)11-14(18)17-6-3-9-22-17/h1-11,19H. The van der Waals surface area contributed by atoms with Crippen molar-refractivity contribution in [2.24, 2.45) is 0 Å². The first-order valence-corrected chi connectivity index (χ1v) is 9.45. The molecule has 0 spiro atoms. The van der Waals surface area contributed by atoms with Gasteiger partial charge >= 0.3 is 0 Å². The van der Waals surface area contributed by atoms with Gasteiger partial charge in [-0.15, -0.1) is 34.0 Å². The topological polar surface area (TPSA) is 20.2 Å². The average Bonchev–Trinajstić information content (AvgIpc) is 3.29. The largest absolute Gasteiger partial charge is 0.507 e. The van der Waals surface area contributed by atoms with Gasteiger partial charge in [0.2, 0.25) is 0 Å². The molecule has 4 heteroatoms. The molecule has 0 aliphatic heterocycles. The SMILES string of the molecule is Oc1c(-c2cccs2)cc(-c2cccs2)cc1-c1cccs1. The summed E-state index contributed by atoms with van der Waals surface area (Å²) in [5.41, 5.74) is 2.97. The molecule has 0 radical (unpaired) electrons. The van der Waals surface area contributed by atoms with E-state index in [2.05, 4.69) is 41.8 Å². The Balaban J connectivity index is 1.99. The minimum Gasteiger partial charge on any atom is -0.507 e. The summed E-state index contributed by atoms with van der Waals surface area (Å²) in [6, 6.07) is 16.5. The number of phenolic OH excluding ortho intramolecular Hbond substituents is 1. The zero-order chi connectivity index (χ0) is 14.9. The predicted molar refractivity (Wildman–Crippen MR) is 98.0 cm³/mol. The highest BCUT2D eigenvalue weighted by molar-refractivity contribution is 7.14. The molecule has 0 saturated heterocycles. The van der Waals surface area contributed by atoms with Crippen LogP contribution in [0.4, 0.5) is 0 Å². The van der Waals surface area contributed by atoms with Crippen molar-refractivity contribution in [2.45, 2.75) is 0 Å². The lowest BCUT2D eigenvalue weighted by atomic mass is 10.0. The van der Waals surface area contributed by atoms with Gasteiger partial charge in [-0.3, -0.25) is 0 Å². The molecular weight excluding hydrogens is 328 g/mol. The molecule has 0 atom stereocenters. The summed E-state index contributed by atoms with van der Waals surface area (Å²) in [6.07, 6.45) is 0. The van der Waals surface area contributed by atoms with Crippen molar-refractivity contribution in [1.29, 1.82) is 0 Å². The third-order valence-electron chi connectivity index (χ3n) is 3.49. The number of hydrogen-bond donors (Lipinski definition) is 1. The molecule has 0 saturated carbocycles. The fourth-order valence-electron chi connectivity index (χ4n) is 2.46. The third kappa shape index (κ3) is 2.39. The van der Waals surface area contributed by atoms with Crippen LogP contribution < -0.4 is 0 Å². The van der Waals surface area contributed by atoms with Crippen molar-refractivity contribution in [3.8, 4) is 37.1 Å². The van der Waals surface area contributed by atoms with Crippen LogP contribution in [0.25, 0.3) is 31.3 Å². The van der Waals surface area contributed by atoms with Crippen molar-refractivity contribution >= 4 is 34.0 Å². The molecule has 108 valence electrons. The smallest absolute Gasteiger partial charge is 0.132 e. The van der Waals surface area contributed by atoms with Crippen LogP contribution in [0.3, 0.4) is 0 Å². The zero-order valence-electron chi connectivity index (χ0n) is 11.5. The molecule has 3 aromatic heterocycles. The van der Waals surface area contributed by atoms with E-state index in [0.29, 0.717) is 5.75 Å². The summed E-state index contributed by atoms with van der Waals surface area (Å²) >= 11 is 5.02. The van der Waals surface area contributed by atoms with E-state index >= 15 is 0 Å². The molecule has 0 bridgehead atoms. The Bertz CT molecular complexity index is 817. The highest BCUT2D eigenvalue weighted by atomic mass is 32.1. The third-order valence-corrected chi connectivity index (χ3v) is 6.21. The van der Waals surface area contributed by atoms with Gasteiger partial charge in [-0.05, 0) is 52.0 Å². The van der Waals surface area contributed by atoms with Crippen molar-refractivity contribution < 1.29 is 5.11 Å². The van der Waals surface area contributed by atoms with Crippen LogP contribution in [0.15, 0.2) is 64.7 Å². The predicted octanol–water partition coefficient (Wildman–Crippen LogP) is 6.58. The summed E-state index contributed by atoms with van der Waals surface area (Å²) in [5.74, 6) is 0.366. The van der Waals surface area contributed by atoms with E-state index in [1.54, 1.807) is 34.0 Å². The molecule has 0 aliphatic rings. The van der Waals surface area contributed by atoms with E-state index in [1.165, 1.54) is 4.88 Å². The summed E-state index contributed by atoms with van der Waals surface area (Å²) in [4.78, 5) is 3.40. The average molecular weight is 340 g/mol. The van der Waals surface area contributed by atoms with Gasteiger partial charge in [0, 0.05) is 25.8 Å². The highest BCUT2D eigenvalue weighted by Crippen LogP contribution is 2.44. The molecule has 1 aromatic carbocycles. The van der Waals surface area contributed by atoms with E-state index in [9.17, 15) is 5.11 Å². The van der Waals surface area contributed by atoms with Gasteiger partial charge < -0.3 is 5.11 Å². The first-order valence-electron chi connectivity index (χ1n) is 6.81. The van der Waals surface area contributed by atoms with Crippen LogP contribution >= 0.6 is 34.0 Å². The van der Waals surface area contributed by atoms with E-state index in [0.717, 1.165) is 26.4 Å². The molecule has 22 heavy (non-hydrogen) atoms. The maximum atomic E-state index is 10.8. The van der Waals surface area contributed by atoms with E-state index in [-0.39, 0.29) is 0 Å². The highest BCUT2D eigenvalue weighted by Gasteiger charge is 2.15. The van der Waals surface area contributed by atoms with Crippen LogP contribution in [0, 0.1) is 0 Å². The van der Waals surface area contributed by atoms with E-state index in [1.807, 2.05) is 22.9 Å².